The van der Waals surface area contributed by atoms with E-state index in [9.17, 15) is 41.9 Å². The molecule has 1 atom stereocenters. The molecule has 2 aliphatic carbocycles. The number of aromatic nitrogens is 2. The number of nitrogens with zero attached hydrogens (tertiary/aromatic N) is 4. The highest BCUT2D eigenvalue weighted by molar-refractivity contribution is 6.38. The Bertz CT molecular complexity index is 1300. The summed E-state index contributed by atoms with van der Waals surface area (Å²) in [4.78, 5) is 25.1. The van der Waals surface area contributed by atoms with Gasteiger partial charge in [0, 0.05) is 25.1 Å². The van der Waals surface area contributed by atoms with Crippen molar-refractivity contribution in [1.29, 1.82) is 5.26 Å². The van der Waals surface area contributed by atoms with Crippen molar-refractivity contribution in [3.05, 3.63) is 33.4 Å². The molecular weight excluding hydrogens is 540 g/mol. The standard InChI is InChI=1S/C20H14Cl2F5N5O4/c21-10-3-9(36-20(25,26)27)4-11(22)14(10)32-15(31(17(34)35)6-8-1-2-8)13(12(5-28)30-32)18(16(29)33)7-19(18,23)24/h3-4,8H,1-2,6-7H2,(H2,29,33)(H,34,35). The Kier molecular flexibility index (Phi) is 6.00. The second-order valence-corrected chi connectivity index (χ2v) is 9.16. The van der Waals surface area contributed by atoms with E-state index in [0.29, 0.717) is 34.6 Å². The fraction of sp³-hybridized carbons (Fsp3) is 0.400. The summed E-state index contributed by atoms with van der Waals surface area (Å²) in [7, 11) is 0. The summed E-state index contributed by atoms with van der Waals surface area (Å²) in [5.41, 5.74) is 0.619. The van der Waals surface area contributed by atoms with Gasteiger partial charge in [-0.3, -0.25) is 9.69 Å². The monoisotopic (exact) mass is 553 g/mol. The number of hydrogen-bond acceptors (Lipinski definition) is 5. The lowest BCUT2D eigenvalue weighted by Gasteiger charge is -2.25. The Balaban J connectivity index is 2.02. The van der Waals surface area contributed by atoms with E-state index in [1.807, 2.05) is 0 Å². The molecule has 1 heterocycles. The lowest BCUT2D eigenvalue weighted by molar-refractivity contribution is -0.274. The number of carbonyl (C=O) groups is 2. The molecule has 0 aliphatic heterocycles. The number of hydrogen-bond donors (Lipinski definition) is 2. The molecule has 36 heavy (non-hydrogen) atoms. The number of alkyl halides is 5. The zero-order valence-electron chi connectivity index (χ0n) is 17.7. The fourth-order valence-electron chi connectivity index (χ4n) is 3.99. The average molecular weight is 554 g/mol. The summed E-state index contributed by atoms with van der Waals surface area (Å²) in [5, 5.41) is 22.4. The van der Waals surface area contributed by atoms with Crippen molar-refractivity contribution in [2.45, 2.75) is 37.0 Å². The molecule has 9 nitrogen and oxygen atoms in total. The second-order valence-electron chi connectivity index (χ2n) is 8.34. The van der Waals surface area contributed by atoms with Crippen LogP contribution in [0.4, 0.5) is 32.6 Å². The number of carbonyl (C=O) groups excluding carboxylic acids is 1. The van der Waals surface area contributed by atoms with Gasteiger partial charge >= 0.3 is 12.5 Å². The van der Waals surface area contributed by atoms with Gasteiger partial charge in [-0.15, -0.1) is 13.2 Å². The van der Waals surface area contributed by atoms with E-state index < -0.39 is 74.7 Å². The molecule has 3 N–H and O–H groups in total. The Morgan fingerprint density at radius 1 is 1.31 bits per heavy atom. The SMILES string of the molecule is N#Cc1nn(-c2c(Cl)cc(OC(F)(F)F)cc2Cl)c(N(CC2CC2)C(=O)O)c1C1(C(N)=O)CC1(F)F. The molecule has 2 saturated carbocycles. The van der Waals surface area contributed by atoms with Crippen LogP contribution in [0.3, 0.4) is 0 Å². The maximum atomic E-state index is 14.6. The van der Waals surface area contributed by atoms with E-state index >= 15 is 0 Å². The van der Waals surface area contributed by atoms with Gasteiger partial charge in [-0.1, -0.05) is 23.2 Å². The zero-order valence-corrected chi connectivity index (χ0v) is 19.3. The number of benzene rings is 1. The maximum Gasteiger partial charge on any atom is 0.573 e. The molecule has 192 valence electrons. The predicted octanol–water partition coefficient (Wildman–Crippen LogP) is 4.61. The number of nitriles is 1. The summed E-state index contributed by atoms with van der Waals surface area (Å²) in [6.07, 6.45) is -6.59. The molecule has 2 aliphatic rings. The number of ether oxygens (including phenoxy) is 1. The molecule has 1 aromatic carbocycles. The Labute approximate surface area is 208 Å². The molecule has 1 aromatic heterocycles. The van der Waals surface area contributed by atoms with Crippen molar-refractivity contribution >= 4 is 41.0 Å². The van der Waals surface area contributed by atoms with Gasteiger partial charge < -0.3 is 15.6 Å². The van der Waals surface area contributed by atoms with E-state index in [4.69, 9.17) is 28.9 Å². The summed E-state index contributed by atoms with van der Waals surface area (Å²) >= 11 is 12.3. The van der Waals surface area contributed by atoms with E-state index in [-0.39, 0.29) is 12.5 Å². The molecule has 16 heteroatoms. The van der Waals surface area contributed by atoms with Crippen LogP contribution in [0.2, 0.25) is 10.0 Å². The van der Waals surface area contributed by atoms with Crippen LogP contribution in [0.5, 0.6) is 5.75 Å². The van der Waals surface area contributed by atoms with E-state index in [0.717, 1.165) is 0 Å². The first-order valence-corrected chi connectivity index (χ1v) is 10.9. The molecule has 0 saturated heterocycles. The minimum Gasteiger partial charge on any atom is -0.465 e. The van der Waals surface area contributed by atoms with Crippen LogP contribution in [0.25, 0.3) is 5.69 Å². The highest BCUT2D eigenvalue weighted by Crippen LogP contribution is 2.64. The van der Waals surface area contributed by atoms with Crippen molar-refractivity contribution in [3.63, 3.8) is 0 Å². The first-order valence-electron chi connectivity index (χ1n) is 10.1. The summed E-state index contributed by atoms with van der Waals surface area (Å²) in [6, 6.07) is 2.94. The third-order valence-electron chi connectivity index (χ3n) is 5.86. The van der Waals surface area contributed by atoms with Crippen molar-refractivity contribution in [1.82, 2.24) is 9.78 Å². The number of rotatable bonds is 7. The number of primary amides is 1. The van der Waals surface area contributed by atoms with Gasteiger partial charge in [0.1, 0.15) is 28.7 Å². The van der Waals surface area contributed by atoms with Gasteiger partial charge in [-0.2, -0.15) is 10.4 Å². The van der Waals surface area contributed by atoms with Crippen LogP contribution in [0.1, 0.15) is 30.5 Å². The molecule has 0 radical (unpaired) electrons. The lowest BCUT2D eigenvalue weighted by atomic mass is 9.93. The first-order chi connectivity index (χ1) is 16.6. The number of nitrogens with two attached hydrogens (primary N) is 1. The van der Waals surface area contributed by atoms with Crippen LogP contribution < -0.4 is 15.4 Å². The molecule has 2 fully saturated rings. The van der Waals surface area contributed by atoms with Gasteiger partial charge in [-0.25, -0.2) is 18.3 Å². The van der Waals surface area contributed by atoms with Crippen LogP contribution in [-0.2, 0) is 10.2 Å². The van der Waals surface area contributed by atoms with Gasteiger partial charge in [0.2, 0.25) is 5.91 Å². The van der Waals surface area contributed by atoms with Gasteiger partial charge in [0.25, 0.3) is 5.92 Å². The molecule has 0 bridgehead atoms. The Morgan fingerprint density at radius 3 is 2.25 bits per heavy atom. The third-order valence-corrected chi connectivity index (χ3v) is 6.44. The minimum atomic E-state index is -5.10. The molecule has 0 spiro atoms. The van der Waals surface area contributed by atoms with Crippen LogP contribution in [-0.4, -0.2) is 45.7 Å². The second kappa shape index (κ2) is 8.38. The van der Waals surface area contributed by atoms with Crippen LogP contribution in [0.15, 0.2) is 12.1 Å². The quantitative estimate of drug-likeness (QED) is 0.481. The average Bonchev–Trinajstić information content (AvgIpc) is 3.60. The van der Waals surface area contributed by atoms with Crippen molar-refractivity contribution in [2.24, 2.45) is 11.7 Å². The third kappa shape index (κ3) is 4.26. The predicted molar refractivity (Wildman–Crippen MR) is 114 cm³/mol. The zero-order chi connectivity index (χ0) is 26.8. The normalized spacial score (nSPS) is 20.5. The highest BCUT2D eigenvalue weighted by atomic mass is 35.5. The summed E-state index contributed by atoms with van der Waals surface area (Å²) in [5.74, 6) is -6.87. The molecule has 2 amide bonds. The smallest absolute Gasteiger partial charge is 0.465 e. The number of anilines is 1. The number of halogens is 7. The summed E-state index contributed by atoms with van der Waals surface area (Å²) in [6.45, 7) is -0.218. The molecule has 2 aromatic rings. The van der Waals surface area contributed by atoms with E-state index in [1.165, 1.54) is 0 Å². The fourth-order valence-corrected chi connectivity index (χ4v) is 4.61. The maximum absolute atomic E-state index is 14.6. The molecule has 1 unspecified atom stereocenters. The number of carboxylic acid groups (broad SMARTS) is 1. The minimum absolute atomic E-state index is 0.152. The first kappa shape index (κ1) is 25.8. The van der Waals surface area contributed by atoms with Gasteiger partial charge in [-0.05, 0) is 18.8 Å². The van der Waals surface area contributed by atoms with Crippen molar-refractivity contribution in [2.75, 3.05) is 11.4 Å². The van der Waals surface area contributed by atoms with Crippen LogP contribution >= 0.6 is 23.2 Å². The highest BCUT2D eigenvalue weighted by Gasteiger charge is 2.78. The van der Waals surface area contributed by atoms with E-state index in [1.54, 1.807) is 6.07 Å². The summed E-state index contributed by atoms with van der Waals surface area (Å²) < 4.78 is 71.6. The largest absolute Gasteiger partial charge is 0.573 e. The van der Waals surface area contributed by atoms with Crippen LogP contribution in [0, 0.1) is 17.2 Å². The molecule has 4 rings (SSSR count). The Hall–Kier alpha value is -3.31. The van der Waals surface area contributed by atoms with E-state index in [2.05, 4.69) is 9.84 Å². The Morgan fingerprint density at radius 2 is 1.86 bits per heavy atom. The molecular formula is C20H14Cl2F5N5O4. The van der Waals surface area contributed by atoms with Gasteiger partial charge in [0.05, 0.1) is 15.6 Å². The van der Waals surface area contributed by atoms with Crippen molar-refractivity contribution in [3.8, 4) is 17.5 Å². The lowest BCUT2D eigenvalue weighted by Crippen LogP contribution is -2.39. The van der Waals surface area contributed by atoms with Crippen molar-refractivity contribution < 1.29 is 41.4 Å². The topological polar surface area (TPSA) is 134 Å². The van der Waals surface area contributed by atoms with Gasteiger partial charge in [0.15, 0.2) is 5.69 Å². The number of amides is 2.